The number of benzene rings is 1. The van der Waals surface area contributed by atoms with E-state index in [1.807, 2.05) is 0 Å². The van der Waals surface area contributed by atoms with E-state index in [2.05, 4.69) is 5.32 Å². The monoisotopic (exact) mass is 195 g/mol. The van der Waals surface area contributed by atoms with Gasteiger partial charge in [-0.2, -0.15) is 0 Å². The van der Waals surface area contributed by atoms with Crippen LogP contribution in [-0.4, -0.2) is 27.0 Å². The van der Waals surface area contributed by atoms with Crippen LogP contribution in [-0.2, 0) is 4.79 Å². The van der Waals surface area contributed by atoms with Gasteiger partial charge < -0.3 is 20.6 Å². The summed E-state index contributed by atoms with van der Waals surface area (Å²) in [6.07, 6.45) is 0. The normalized spacial score (nSPS) is 14.0. The topological polar surface area (TPSA) is 107 Å². The molecule has 0 bridgehead atoms. The number of rotatable bonds is 0. The molecule has 0 aromatic heterocycles. The molecular formula is C8H5NO5. The van der Waals surface area contributed by atoms with Crippen molar-refractivity contribution in [2.24, 2.45) is 0 Å². The lowest BCUT2D eigenvalue weighted by Gasteiger charge is -2.04. The molecule has 1 aromatic rings. The SMILES string of the molecule is O=C1Nc2cc(O)c(O)c(O)c2C1=O. The fraction of sp³-hybridized carbons (Fsp3) is 0. The first-order valence-electron chi connectivity index (χ1n) is 3.66. The number of phenols is 3. The van der Waals surface area contributed by atoms with Gasteiger partial charge in [-0.15, -0.1) is 0 Å². The lowest BCUT2D eigenvalue weighted by Crippen LogP contribution is -2.12. The fourth-order valence-electron chi connectivity index (χ4n) is 1.27. The molecule has 0 unspecified atom stereocenters. The van der Waals surface area contributed by atoms with Crippen molar-refractivity contribution in [2.45, 2.75) is 0 Å². The van der Waals surface area contributed by atoms with E-state index >= 15 is 0 Å². The zero-order chi connectivity index (χ0) is 10.5. The van der Waals surface area contributed by atoms with Crippen molar-refractivity contribution in [3.05, 3.63) is 11.6 Å². The maximum absolute atomic E-state index is 11.1. The number of amides is 1. The van der Waals surface area contributed by atoms with Crippen LogP contribution in [0.1, 0.15) is 10.4 Å². The molecule has 1 amide bonds. The van der Waals surface area contributed by atoms with E-state index in [1.165, 1.54) is 0 Å². The smallest absolute Gasteiger partial charge is 0.297 e. The van der Waals surface area contributed by atoms with Gasteiger partial charge in [0.05, 0.1) is 11.3 Å². The highest BCUT2D eigenvalue weighted by Crippen LogP contribution is 2.43. The van der Waals surface area contributed by atoms with Gasteiger partial charge in [0.15, 0.2) is 11.5 Å². The number of carbonyl (C=O) groups is 2. The Bertz CT molecular complexity index is 465. The number of carbonyl (C=O) groups excluding carboxylic acids is 2. The van der Waals surface area contributed by atoms with E-state index < -0.39 is 28.9 Å². The number of hydrogen-bond acceptors (Lipinski definition) is 5. The summed E-state index contributed by atoms with van der Waals surface area (Å²) in [5.74, 6) is -4.04. The third kappa shape index (κ3) is 0.846. The molecule has 1 aliphatic rings. The Morgan fingerprint density at radius 2 is 1.71 bits per heavy atom. The van der Waals surface area contributed by atoms with Crippen molar-refractivity contribution < 1.29 is 24.9 Å². The van der Waals surface area contributed by atoms with Gasteiger partial charge in [-0.3, -0.25) is 9.59 Å². The predicted molar refractivity (Wildman–Crippen MR) is 44.4 cm³/mol. The predicted octanol–water partition coefficient (Wildman–Crippen LogP) is -0.0618. The highest BCUT2D eigenvalue weighted by molar-refractivity contribution is 6.52. The van der Waals surface area contributed by atoms with Crippen molar-refractivity contribution in [3.63, 3.8) is 0 Å². The number of aromatic hydroxyl groups is 3. The Kier molecular flexibility index (Phi) is 1.42. The molecule has 0 atom stereocenters. The molecule has 14 heavy (non-hydrogen) atoms. The van der Waals surface area contributed by atoms with Gasteiger partial charge in [0.25, 0.3) is 11.7 Å². The summed E-state index contributed by atoms with van der Waals surface area (Å²) in [6, 6.07) is 0.993. The summed E-state index contributed by atoms with van der Waals surface area (Å²) in [5, 5.41) is 29.5. The summed E-state index contributed by atoms with van der Waals surface area (Å²) < 4.78 is 0. The summed E-state index contributed by atoms with van der Waals surface area (Å²) >= 11 is 0. The van der Waals surface area contributed by atoms with Gasteiger partial charge >= 0.3 is 0 Å². The molecule has 1 aliphatic heterocycles. The highest BCUT2D eigenvalue weighted by Gasteiger charge is 2.33. The summed E-state index contributed by atoms with van der Waals surface area (Å²) in [5.41, 5.74) is -0.321. The van der Waals surface area contributed by atoms with Crippen molar-refractivity contribution in [1.29, 1.82) is 0 Å². The Morgan fingerprint density at radius 3 is 2.36 bits per heavy atom. The molecule has 0 spiro atoms. The standard InChI is InChI=1S/C8H5NO5/c10-3-1-2-4(6(12)5(3)11)7(13)8(14)9-2/h1,10-12H,(H,9,13,14). The third-order valence-corrected chi connectivity index (χ3v) is 1.94. The van der Waals surface area contributed by atoms with Crippen LogP contribution < -0.4 is 5.32 Å². The molecule has 0 aliphatic carbocycles. The lowest BCUT2D eigenvalue weighted by molar-refractivity contribution is -0.112. The Hall–Kier alpha value is -2.24. The van der Waals surface area contributed by atoms with Crippen LogP contribution in [0.3, 0.4) is 0 Å². The van der Waals surface area contributed by atoms with E-state index in [-0.39, 0.29) is 11.3 Å². The van der Waals surface area contributed by atoms with Gasteiger partial charge in [0.2, 0.25) is 5.75 Å². The lowest BCUT2D eigenvalue weighted by atomic mass is 10.1. The van der Waals surface area contributed by atoms with Crippen LogP contribution in [0, 0.1) is 0 Å². The molecule has 0 fully saturated rings. The molecule has 1 heterocycles. The highest BCUT2D eigenvalue weighted by atomic mass is 16.3. The number of anilines is 1. The molecule has 0 saturated heterocycles. The van der Waals surface area contributed by atoms with Crippen LogP contribution in [0.25, 0.3) is 0 Å². The number of nitrogens with one attached hydrogen (secondary N) is 1. The molecule has 72 valence electrons. The molecule has 6 nitrogen and oxygen atoms in total. The Labute approximate surface area is 77.4 Å². The summed E-state index contributed by atoms with van der Waals surface area (Å²) in [7, 11) is 0. The minimum absolute atomic E-state index is 0.00667. The molecule has 4 N–H and O–H groups in total. The average Bonchev–Trinajstić information content (AvgIpc) is 2.39. The van der Waals surface area contributed by atoms with Gasteiger partial charge in [0.1, 0.15) is 0 Å². The maximum atomic E-state index is 11.1. The number of fused-ring (bicyclic) bond motifs is 1. The number of phenolic OH excluding ortho intramolecular Hbond substituents is 3. The van der Waals surface area contributed by atoms with E-state index in [9.17, 15) is 14.7 Å². The van der Waals surface area contributed by atoms with Crippen molar-refractivity contribution in [1.82, 2.24) is 0 Å². The second-order valence-corrected chi connectivity index (χ2v) is 2.80. The molecular weight excluding hydrogens is 190 g/mol. The largest absolute Gasteiger partial charge is 0.504 e. The zero-order valence-corrected chi connectivity index (χ0v) is 6.74. The van der Waals surface area contributed by atoms with Gasteiger partial charge in [-0.1, -0.05) is 0 Å². The van der Waals surface area contributed by atoms with Gasteiger partial charge in [-0.05, 0) is 0 Å². The van der Waals surface area contributed by atoms with E-state index in [0.29, 0.717) is 0 Å². The van der Waals surface area contributed by atoms with Crippen LogP contribution in [0.5, 0.6) is 17.2 Å². The molecule has 0 radical (unpaired) electrons. The minimum Gasteiger partial charge on any atom is -0.504 e. The first-order chi connectivity index (χ1) is 6.52. The maximum Gasteiger partial charge on any atom is 0.297 e. The molecule has 1 aromatic carbocycles. The number of Topliss-reactive ketones (excluding diaryl/α,β-unsaturated/α-hetero) is 1. The zero-order valence-electron chi connectivity index (χ0n) is 6.74. The summed E-state index contributed by atoms with van der Waals surface area (Å²) in [4.78, 5) is 22.0. The van der Waals surface area contributed by atoms with Crippen LogP contribution in [0.2, 0.25) is 0 Å². The quantitative estimate of drug-likeness (QED) is 0.263. The second kappa shape index (κ2) is 2.38. The third-order valence-electron chi connectivity index (χ3n) is 1.94. The van der Waals surface area contributed by atoms with Crippen LogP contribution in [0.15, 0.2) is 6.07 Å². The second-order valence-electron chi connectivity index (χ2n) is 2.80. The molecule has 6 heteroatoms. The minimum atomic E-state index is -0.937. The van der Waals surface area contributed by atoms with Crippen molar-refractivity contribution in [2.75, 3.05) is 5.32 Å². The molecule has 2 rings (SSSR count). The number of ketones is 1. The van der Waals surface area contributed by atoms with Crippen LogP contribution >= 0.6 is 0 Å². The summed E-state index contributed by atoms with van der Waals surface area (Å²) in [6.45, 7) is 0. The van der Waals surface area contributed by atoms with Crippen LogP contribution in [0.4, 0.5) is 5.69 Å². The number of hydrogen-bond donors (Lipinski definition) is 4. The Morgan fingerprint density at radius 1 is 1.07 bits per heavy atom. The first-order valence-corrected chi connectivity index (χ1v) is 3.66. The fourth-order valence-corrected chi connectivity index (χ4v) is 1.27. The average molecular weight is 195 g/mol. The van der Waals surface area contributed by atoms with Gasteiger partial charge in [0, 0.05) is 6.07 Å². The van der Waals surface area contributed by atoms with E-state index in [4.69, 9.17) is 10.2 Å². The van der Waals surface area contributed by atoms with Gasteiger partial charge in [-0.25, -0.2) is 0 Å². The first kappa shape index (κ1) is 8.36. The van der Waals surface area contributed by atoms with E-state index in [1.54, 1.807) is 0 Å². The Balaban J connectivity index is 2.77. The van der Waals surface area contributed by atoms with Crippen molar-refractivity contribution in [3.8, 4) is 17.2 Å². The molecule has 0 saturated carbocycles. The van der Waals surface area contributed by atoms with Crippen molar-refractivity contribution >= 4 is 17.4 Å². The van der Waals surface area contributed by atoms with E-state index in [0.717, 1.165) is 6.07 Å².